The van der Waals surface area contributed by atoms with Crippen LogP contribution in [0.25, 0.3) is 17.2 Å². The van der Waals surface area contributed by atoms with Crippen molar-refractivity contribution in [2.45, 2.75) is 58.3 Å². The number of benzene rings is 2. The zero-order valence-electron chi connectivity index (χ0n) is 20.3. The van der Waals surface area contributed by atoms with Gasteiger partial charge in [-0.25, -0.2) is 0 Å². The lowest BCUT2D eigenvalue weighted by molar-refractivity contribution is -0.115. The van der Waals surface area contributed by atoms with Crippen LogP contribution < -0.4 is 14.8 Å². The average Bonchev–Trinajstić information content (AvgIpc) is 3.07. The molecule has 2 aliphatic rings. The Morgan fingerprint density at radius 3 is 2.09 bits per heavy atom. The minimum atomic E-state index is -0.379. The predicted molar refractivity (Wildman–Crippen MR) is 134 cm³/mol. The molecule has 0 aromatic heterocycles. The quantitative estimate of drug-likeness (QED) is 0.533. The van der Waals surface area contributed by atoms with Crippen molar-refractivity contribution in [2.75, 3.05) is 14.2 Å². The van der Waals surface area contributed by atoms with Crippen LogP contribution in [0.4, 0.5) is 4.79 Å². The third kappa shape index (κ3) is 4.17. The number of nitrogens with one attached hydrogen (secondary N) is 1. The van der Waals surface area contributed by atoms with Crippen LogP contribution in [0.3, 0.4) is 0 Å². The van der Waals surface area contributed by atoms with Gasteiger partial charge in [0.2, 0.25) is 0 Å². The minimum Gasteiger partial charge on any atom is -0.493 e. The van der Waals surface area contributed by atoms with E-state index >= 15 is 0 Å². The molecule has 1 aliphatic carbocycles. The van der Waals surface area contributed by atoms with Crippen molar-refractivity contribution >= 4 is 29.0 Å². The SMILES string of the molecule is COc1cc(/C=C2\SC(=O)NC2=O)cc(-c2cc3c(cc2C)C(C)(C)CCC3(C)C)c1OC. The smallest absolute Gasteiger partial charge is 0.290 e. The van der Waals surface area contributed by atoms with Crippen molar-refractivity contribution < 1.29 is 19.1 Å². The zero-order valence-corrected chi connectivity index (χ0v) is 21.2. The van der Waals surface area contributed by atoms with Gasteiger partial charge in [-0.1, -0.05) is 33.8 Å². The highest BCUT2D eigenvalue weighted by Gasteiger charge is 2.37. The highest BCUT2D eigenvalue weighted by Crippen LogP contribution is 2.49. The van der Waals surface area contributed by atoms with Crippen LogP contribution in [0.15, 0.2) is 29.2 Å². The number of fused-ring (bicyclic) bond motifs is 1. The molecule has 33 heavy (non-hydrogen) atoms. The number of amides is 2. The van der Waals surface area contributed by atoms with Gasteiger partial charge in [0.25, 0.3) is 11.1 Å². The number of thioether (sulfide) groups is 1. The number of hydrogen-bond acceptors (Lipinski definition) is 5. The summed E-state index contributed by atoms with van der Waals surface area (Å²) >= 11 is 0.904. The molecule has 174 valence electrons. The Hall–Kier alpha value is -2.73. The van der Waals surface area contributed by atoms with E-state index in [1.165, 1.54) is 11.1 Å². The van der Waals surface area contributed by atoms with Gasteiger partial charge in [0, 0.05) is 5.56 Å². The minimum absolute atomic E-state index is 0.0726. The predicted octanol–water partition coefficient (Wildman–Crippen LogP) is 6.35. The molecule has 0 saturated carbocycles. The number of aryl methyl sites for hydroxylation is 1. The molecule has 0 bridgehead atoms. The lowest BCUT2D eigenvalue weighted by Gasteiger charge is -2.42. The summed E-state index contributed by atoms with van der Waals surface area (Å²) in [7, 11) is 3.24. The summed E-state index contributed by atoms with van der Waals surface area (Å²) in [5, 5.41) is 1.95. The number of carbonyl (C=O) groups excluding carboxylic acids is 2. The molecule has 0 unspecified atom stereocenters. The van der Waals surface area contributed by atoms with Gasteiger partial charge < -0.3 is 9.47 Å². The number of rotatable bonds is 4. The molecule has 5 nitrogen and oxygen atoms in total. The lowest BCUT2D eigenvalue weighted by Crippen LogP contribution is -2.34. The van der Waals surface area contributed by atoms with Gasteiger partial charge in [-0.2, -0.15) is 0 Å². The van der Waals surface area contributed by atoms with E-state index in [1.54, 1.807) is 20.3 Å². The Bertz CT molecular complexity index is 1190. The summed E-state index contributed by atoms with van der Waals surface area (Å²) in [6.45, 7) is 11.4. The second-order valence-electron chi connectivity index (χ2n) is 10.1. The Labute approximate surface area is 199 Å². The third-order valence-electron chi connectivity index (χ3n) is 6.93. The summed E-state index contributed by atoms with van der Waals surface area (Å²) in [6.07, 6.45) is 4.00. The molecular weight excluding hydrogens is 434 g/mol. The molecular formula is C27H31NO4S. The maximum Gasteiger partial charge on any atom is 0.290 e. The van der Waals surface area contributed by atoms with Gasteiger partial charge in [0.1, 0.15) is 0 Å². The first-order valence-corrected chi connectivity index (χ1v) is 12.0. The third-order valence-corrected chi connectivity index (χ3v) is 7.74. The Balaban J connectivity index is 1.94. The summed E-state index contributed by atoms with van der Waals surface area (Å²) in [5.41, 5.74) is 6.87. The standard InChI is InChI=1S/C27H31NO4S/c1-15-10-19-20(27(4,5)9-8-26(19,2)3)14-17(15)18-11-16(12-21(31-6)23(18)32-7)13-22-24(29)28-25(30)33-22/h10-14H,8-9H2,1-7H3,(H,28,29,30)/b22-13-. The molecule has 1 aliphatic heterocycles. The van der Waals surface area contributed by atoms with Crippen molar-refractivity contribution in [3.8, 4) is 22.6 Å². The van der Waals surface area contributed by atoms with E-state index in [0.717, 1.165) is 46.9 Å². The number of methoxy groups -OCH3 is 2. The summed E-state index contributed by atoms with van der Waals surface area (Å²) in [5.74, 6) is 0.846. The van der Waals surface area contributed by atoms with Gasteiger partial charge in [-0.15, -0.1) is 0 Å². The fourth-order valence-corrected chi connectivity index (χ4v) is 5.54. The van der Waals surface area contributed by atoms with E-state index in [2.05, 4.69) is 52.1 Å². The Morgan fingerprint density at radius 2 is 1.55 bits per heavy atom. The molecule has 0 radical (unpaired) electrons. The maximum atomic E-state index is 12.1. The highest BCUT2D eigenvalue weighted by molar-refractivity contribution is 8.18. The first-order valence-electron chi connectivity index (χ1n) is 11.1. The van der Waals surface area contributed by atoms with Gasteiger partial charge >= 0.3 is 0 Å². The van der Waals surface area contributed by atoms with E-state index in [-0.39, 0.29) is 22.0 Å². The van der Waals surface area contributed by atoms with Crippen molar-refractivity contribution in [1.82, 2.24) is 5.32 Å². The molecule has 0 atom stereocenters. The van der Waals surface area contributed by atoms with E-state index < -0.39 is 0 Å². The summed E-state index contributed by atoms with van der Waals surface area (Å²) < 4.78 is 11.4. The van der Waals surface area contributed by atoms with Crippen LogP contribution >= 0.6 is 11.8 Å². The lowest BCUT2D eigenvalue weighted by atomic mass is 9.62. The van der Waals surface area contributed by atoms with Crippen LogP contribution in [-0.2, 0) is 15.6 Å². The van der Waals surface area contributed by atoms with E-state index in [1.807, 2.05) is 12.1 Å². The highest BCUT2D eigenvalue weighted by atomic mass is 32.2. The number of hydrogen-bond donors (Lipinski definition) is 1. The fourth-order valence-electron chi connectivity index (χ4n) is 4.85. The van der Waals surface area contributed by atoms with Gasteiger partial charge in [0.05, 0.1) is 19.1 Å². The Kier molecular flexibility index (Phi) is 5.85. The average molecular weight is 466 g/mol. The molecule has 1 heterocycles. The molecule has 2 aromatic rings. The van der Waals surface area contributed by atoms with E-state index in [4.69, 9.17) is 9.47 Å². The van der Waals surface area contributed by atoms with Crippen LogP contribution in [-0.4, -0.2) is 25.4 Å². The maximum absolute atomic E-state index is 12.1. The van der Waals surface area contributed by atoms with Crippen LogP contribution in [0, 0.1) is 6.92 Å². The molecule has 1 N–H and O–H groups in total. The van der Waals surface area contributed by atoms with Crippen molar-refractivity contribution in [1.29, 1.82) is 0 Å². The second-order valence-corrected chi connectivity index (χ2v) is 11.2. The number of imide groups is 1. The normalized spacial score (nSPS) is 19.9. The number of ether oxygens (including phenoxy) is 2. The zero-order chi connectivity index (χ0) is 24.1. The summed E-state index contributed by atoms with van der Waals surface area (Å²) in [4.78, 5) is 24.1. The van der Waals surface area contributed by atoms with Crippen LogP contribution in [0.2, 0.25) is 0 Å². The molecule has 6 heteroatoms. The first kappa shape index (κ1) is 23.4. The van der Waals surface area contributed by atoms with Gasteiger partial charge in [-0.05, 0) is 94.4 Å². The fraction of sp³-hybridized carbons (Fsp3) is 0.407. The van der Waals surface area contributed by atoms with Crippen molar-refractivity contribution in [3.05, 3.63) is 51.4 Å². The monoisotopic (exact) mass is 465 g/mol. The topological polar surface area (TPSA) is 64.6 Å². The first-order chi connectivity index (χ1) is 15.5. The van der Waals surface area contributed by atoms with E-state index in [9.17, 15) is 9.59 Å². The molecule has 0 spiro atoms. The number of carbonyl (C=O) groups is 2. The molecule has 2 amide bonds. The van der Waals surface area contributed by atoms with Crippen LogP contribution in [0.1, 0.15) is 62.8 Å². The van der Waals surface area contributed by atoms with Crippen molar-refractivity contribution in [3.63, 3.8) is 0 Å². The van der Waals surface area contributed by atoms with Gasteiger partial charge in [-0.3, -0.25) is 14.9 Å². The molecule has 1 saturated heterocycles. The largest absolute Gasteiger partial charge is 0.493 e. The second kappa shape index (κ2) is 8.24. The van der Waals surface area contributed by atoms with Crippen molar-refractivity contribution in [2.24, 2.45) is 0 Å². The Morgan fingerprint density at radius 1 is 0.909 bits per heavy atom. The van der Waals surface area contributed by atoms with Crippen LogP contribution in [0.5, 0.6) is 11.5 Å². The van der Waals surface area contributed by atoms with E-state index in [0.29, 0.717) is 16.4 Å². The summed E-state index contributed by atoms with van der Waals surface area (Å²) in [6, 6.07) is 8.45. The molecule has 1 fully saturated rings. The molecule has 2 aromatic carbocycles. The van der Waals surface area contributed by atoms with Gasteiger partial charge in [0.15, 0.2) is 11.5 Å². The molecule has 4 rings (SSSR count).